The lowest BCUT2D eigenvalue weighted by molar-refractivity contribution is -0.157. The predicted octanol–water partition coefficient (Wildman–Crippen LogP) is 6.38. The van der Waals surface area contributed by atoms with Crippen molar-refractivity contribution in [2.45, 2.75) is 45.5 Å². The minimum Gasteiger partial charge on any atom is -0.386 e. The number of ether oxygens (including phenoxy) is 1. The lowest BCUT2D eigenvalue weighted by Crippen LogP contribution is -2.44. The summed E-state index contributed by atoms with van der Waals surface area (Å²) in [6.45, 7) is 6.92. The van der Waals surface area contributed by atoms with Gasteiger partial charge in [0.25, 0.3) is 0 Å². The molecule has 35 heavy (non-hydrogen) atoms. The van der Waals surface area contributed by atoms with Crippen LogP contribution in [-0.4, -0.2) is 45.6 Å². The van der Waals surface area contributed by atoms with Crippen molar-refractivity contribution in [1.29, 1.82) is 0 Å². The monoisotopic (exact) mass is 500 g/mol. The van der Waals surface area contributed by atoms with Crippen molar-refractivity contribution in [1.82, 2.24) is 0 Å². The van der Waals surface area contributed by atoms with Crippen LogP contribution < -0.4 is 10.2 Å². The van der Waals surface area contributed by atoms with Gasteiger partial charge < -0.3 is 19.7 Å². The molecule has 1 saturated heterocycles. The van der Waals surface area contributed by atoms with Crippen molar-refractivity contribution in [3.8, 4) is 0 Å². The standard InChI is InChI=1S/C13H19FN2O.C7H10F2O.C6H4F2/c1-10-8-11(9-12(14)13(10)15-2)16-4-3-6-17-7-5-16;1-6(2-3-10)4-7(8,9)5-6;7-5-2-1-3-6(8)4-5/h8-9,15H,3-7H2,1-2H3;3H,2,4-5H2,1H3;1-4H. The SMILES string of the molecule is CC1(CC=O)CC(F)(F)C1.CNc1c(C)cc(N2CCCOCC2)cc1F.Fc1cccc(F)c1. The van der Waals surface area contributed by atoms with E-state index < -0.39 is 23.0 Å². The van der Waals surface area contributed by atoms with Gasteiger partial charge >= 0.3 is 0 Å². The fourth-order valence-corrected chi connectivity index (χ4v) is 4.23. The van der Waals surface area contributed by atoms with Gasteiger partial charge in [0.05, 0.1) is 12.3 Å². The van der Waals surface area contributed by atoms with Gasteiger partial charge in [-0.15, -0.1) is 0 Å². The fraction of sp³-hybridized carbons (Fsp3) is 0.500. The largest absolute Gasteiger partial charge is 0.386 e. The van der Waals surface area contributed by atoms with E-state index in [1.54, 1.807) is 20.0 Å². The number of aryl methyl sites for hydroxylation is 1. The Kier molecular flexibility index (Phi) is 10.5. The molecule has 0 aromatic heterocycles. The summed E-state index contributed by atoms with van der Waals surface area (Å²) in [5, 5.41) is 2.89. The molecule has 0 spiro atoms. The summed E-state index contributed by atoms with van der Waals surface area (Å²) < 4.78 is 67.6. The lowest BCUT2D eigenvalue weighted by atomic mass is 9.66. The zero-order valence-electron chi connectivity index (χ0n) is 20.4. The molecule has 9 heteroatoms. The quantitative estimate of drug-likeness (QED) is 0.391. The second-order valence-corrected chi connectivity index (χ2v) is 9.15. The maximum Gasteiger partial charge on any atom is 0.249 e. The van der Waals surface area contributed by atoms with E-state index in [-0.39, 0.29) is 25.1 Å². The third kappa shape index (κ3) is 9.12. The van der Waals surface area contributed by atoms with Gasteiger partial charge in [-0.25, -0.2) is 22.0 Å². The number of hydrogen-bond acceptors (Lipinski definition) is 4. The van der Waals surface area contributed by atoms with E-state index in [0.717, 1.165) is 49.7 Å². The summed E-state index contributed by atoms with van der Waals surface area (Å²) in [6.07, 6.45) is 1.73. The van der Waals surface area contributed by atoms with E-state index in [9.17, 15) is 26.7 Å². The minimum absolute atomic E-state index is 0.126. The van der Waals surface area contributed by atoms with Crippen molar-refractivity contribution in [2.75, 3.05) is 43.6 Å². The van der Waals surface area contributed by atoms with Crippen LogP contribution in [0.3, 0.4) is 0 Å². The Bertz CT molecular complexity index is 914. The summed E-state index contributed by atoms with van der Waals surface area (Å²) in [5.74, 6) is -3.76. The summed E-state index contributed by atoms with van der Waals surface area (Å²) >= 11 is 0. The number of nitrogens with zero attached hydrogens (tertiary/aromatic N) is 1. The Balaban J connectivity index is 0.000000204. The van der Waals surface area contributed by atoms with Crippen molar-refractivity contribution >= 4 is 17.7 Å². The smallest absolute Gasteiger partial charge is 0.249 e. The minimum atomic E-state index is -2.50. The molecule has 4 rings (SSSR count). The molecular formula is C26H33F5N2O2. The van der Waals surface area contributed by atoms with E-state index in [4.69, 9.17) is 4.74 Å². The number of rotatable bonds is 4. The number of nitrogens with one attached hydrogen (secondary N) is 1. The van der Waals surface area contributed by atoms with Crippen LogP contribution >= 0.6 is 0 Å². The molecule has 1 N–H and O–H groups in total. The van der Waals surface area contributed by atoms with Crippen molar-refractivity contribution in [3.05, 3.63) is 59.4 Å². The summed E-state index contributed by atoms with van der Waals surface area (Å²) in [4.78, 5) is 12.2. The molecule has 1 aliphatic heterocycles. The maximum absolute atomic E-state index is 13.8. The molecule has 1 heterocycles. The van der Waals surface area contributed by atoms with Gasteiger partial charge in [-0.2, -0.15) is 0 Å². The van der Waals surface area contributed by atoms with Crippen LogP contribution in [-0.2, 0) is 9.53 Å². The number of alkyl halides is 2. The number of hydrogen-bond donors (Lipinski definition) is 1. The highest BCUT2D eigenvalue weighted by Gasteiger charge is 2.52. The molecule has 0 atom stereocenters. The highest BCUT2D eigenvalue weighted by molar-refractivity contribution is 5.61. The normalized spacial score (nSPS) is 18.0. The Morgan fingerprint density at radius 2 is 1.71 bits per heavy atom. The second kappa shape index (κ2) is 12.9. The first kappa shape index (κ1) is 28.6. The van der Waals surface area contributed by atoms with Crippen LogP contribution in [0.5, 0.6) is 0 Å². The van der Waals surface area contributed by atoms with Gasteiger partial charge in [0, 0.05) is 57.8 Å². The van der Waals surface area contributed by atoms with Gasteiger partial charge in [0.15, 0.2) is 0 Å². The fourth-order valence-electron chi connectivity index (χ4n) is 4.23. The number of benzene rings is 2. The van der Waals surface area contributed by atoms with Crippen molar-refractivity contribution in [3.63, 3.8) is 0 Å². The molecule has 0 radical (unpaired) electrons. The molecular weight excluding hydrogens is 467 g/mol. The van der Waals surface area contributed by atoms with Crippen LogP contribution in [0.15, 0.2) is 36.4 Å². The molecule has 2 fully saturated rings. The summed E-state index contributed by atoms with van der Waals surface area (Å²) in [5.41, 5.74) is 2.06. The summed E-state index contributed by atoms with van der Waals surface area (Å²) in [7, 11) is 1.74. The van der Waals surface area contributed by atoms with Gasteiger partial charge in [-0.3, -0.25) is 0 Å². The van der Waals surface area contributed by atoms with E-state index in [0.29, 0.717) is 12.3 Å². The third-order valence-electron chi connectivity index (χ3n) is 5.84. The molecule has 4 nitrogen and oxygen atoms in total. The Labute approximate surface area is 203 Å². The number of anilines is 2. The second-order valence-electron chi connectivity index (χ2n) is 9.15. The Morgan fingerprint density at radius 3 is 2.20 bits per heavy atom. The van der Waals surface area contributed by atoms with E-state index in [1.165, 1.54) is 18.2 Å². The molecule has 2 aliphatic rings. The third-order valence-corrected chi connectivity index (χ3v) is 5.84. The van der Waals surface area contributed by atoms with Crippen LogP contribution in [0.2, 0.25) is 0 Å². The van der Waals surface area contributed by atoms with Crippen LogP contribution in [0.4, 0.5) is 33.3 Å². The first-order chi connectivity index (χ1) is 16.5. The first-order valence-corrected chi connectivity index (χ1v) is 11.5. The molecule has 0 amide bonds. The van der Waals surface area contributed by atoms with Gasteiger partial charge in [-0.1, -0.05) is 13.0 Å². The van der Waals surface area contributed by atoms with Crippen molar-refractivity contribution < 1.29 is 31.5 Å². The average molecular weight is 501 g/mol. The van der Waals surface area contributed by atoms with Gasteiger partial charge in [-0.05, 0) is 48.6 Å². The number of halogens is 5. The molecule has 194 valence electrons. The molecule has 1 saturated carbocycles. The Hall–Kier alpha value is -2.68. The van der Waals surface area contributed by atoms with Gasteiger partial charge in [0.1, 0.15) is 23.7 Å². The van der Waals surface area contributed by atoms with Gasteiger partial charge in [0.2, 0.25) is 5.92 Å². The number of aldehydes is 1. The lowest BCUT2D eigenvalue weighted by Gasteiger charge is -2.43. The van der Waals surface area contributed by atoms with Crippen LogP contribution in [0, 0.1) is 29.8 Å². The maximum atomic E-state index is 13.8. The molecule has 0 bridgehead atoms. The van der Waals surface area contributed by atoms with E-state index in [2.05, 4.69) is 10.2 Å². The van der Waals surface area contributed by atoms with Crippen molar-refractivity contribution in [2.24, 2.45) is 5.41 Å². The number of carbonyl (C=O) groups is 1. The molecule has 0 unspecified atom stereocenters. The van der Waals surface area contributed by atoms with Crippen LogP contribution in [0.25, 0.3) is 0 Å². The topological polar surface area (TPSA) is 41.6 Å². The molecule has 1 aliphatic carbocycles. The predicted molar refractivity (Wildman–Crippen MR) is 128 cm³/mol. The average Bonchev–Trinajstić information content (AvgIpc) is 3.02. The zero-order valence-corrected chi connectivity index (χ0v) is 20.4. The van der Waals surface area contributed by atoms with Crippen LogP contribution in [0.1, 0.15) is 38.2 Å². The molecule has 2 aromatic rings. The Morgan fingerprint density at radius 1 is 1.06 bits per heavy atom. The molecule has 2 aromatic carbocycles. The highest BCUT2D eigenvalue weighted by Crippen LogP contribution is 2.53. The summed E-state index contributed by atoms with van der Waals surface area (Å²) in [6, 6.07) is 8.18. The highest BCUT2D eigenvalue weighted by atomic mass is 19.3. The number of carbonyl (C=O) groups excluding carboxylic acids is 1. The van der Waals surface area contributed by atoms with E-state index >= 15 is 0 Å². The zero-order chi connectivity index (χ0) is 26.1. The van der Waals surface area contributed by atoms with E-state index in [1.807, 2.05) is 13.0 Å². The first-order valence-electron chi connectivity index (χ1n) is 11.5.